The second kappa shape index (κ2) is 17.1. The van der Waals surface area contributed by atoms with Gasteiger partial charge in [-0.2, -0.15) is 0 Å². The molecule has 0 aromatic heterocycles. The zero-order chi connectivity index (χ0) is 19.7. The van der Waals surface area contributed by atoms with Crippen LogP contribution in [0, 0.1) is 0 Å². The largest absolute Gasteiger partial charge is 0.255 e. The van der Waals surface area contributed by atoms with E-state index in [9.17, 15) is 0 Å². The van der Waals surface area contributed by atoms with E-state index in [1.165, 1.54) is 51.4 Å². The molecule has 0 aliphatic rings. The van der Waals surface area contributed by atoms with Crippen molar-refractivity contribution in [2.75, 3.05) is 0 Å². The molecule has 158 valence electrons. The van der Waals surface area contributed by atoms with Crippen molar-refractivity contribution in [3.63, 3.8) is 0 Å². The molecular weight excluding hydrogens is 447 g/mol. The summed E-state index contributed by atoms with van der Waals surface area (Å²) in [6, 6.07) is 20.1. The van der Waals surface area contributed by atoms with Gasteiger partial charge >= 0.3 is 0 Å². The van der Waals surface area contributed by atoms with Crippen LogP contribution in [-0.2, 0) is 20.4 Å². The Bertz CT molecular complexity index is 721. The standard InChI is InChI=1S/C26H34N2.Pd/c1-2-3-4-5-6-7-8-9-10-13-22-26(28-25-20-16-12-17-21-25)23-27-24-18-14-11-15-19-24;/h11-23H,2-10H2,1H3;. The maximum atomic E-state index is 4.73. The number of unbranched alkanes of at least 4 members (excludes halogenated alkanes) is 8. The molecule has 0 fully saturated rings. The van der Waals surface area contributed by atoms with E-state index in [2.05, 4.69) is 24.1 Å². The number of para-hydroxylation sites is 2. The third kappa shape index (κ3) is 12.4. The van der Waals surface area contributed by atoms with Crippen molar-refractivity contribution in [1.29, 1.82) is 0 Å². The maximum absolute atomic E-state index is 4.73. The van der Waals surface area contributed by atoms with Crippen molar-refractivity contribution in [1.82, 2.24) is 0 Å². The monoisotopic (exact) mass is 480 g/mol. The molecule has 0 aliphatic carbocycles. The number of hydrogen-bond donors (Lipinski definition) is 0. The van der Waals surface area contributed by atoms with E-state index >= 15 is 0 Å². The van der Waals surface area contributed by atoms with Gasteiger partial charge in [-0.3, -0.25) is 4.99 Å². The number of hydrogen-bond acceptors (Lipinski definition) is 2. The molecule has 0 atom stereocenters. The molecule has 3 heteroatoms. The molecule has 2 aromatic carbocycles. The van der Waals surface area contributed by atoms with E-state index in [0.717, 1.165) is 23.5 Å². The average Bonchev–Trinajstić information content (AvgIpc) is 2.74. The Balaban J connectivity index is 0.00000420. The summed E-state index contributed by atoms with van der Waals surface area (Å²) >= 11 is 0. The SMILES string of the molecule is CCCCCCCCCCC=CC(C=Nc1ccccc1)=Nc1ccccc1.[Pd]. The quantitative estimate of drug-likeness (QED) is 0.157. The molecule has 0 bridgehead atoms. The molecule has 0 amide bonds. The first kappa shape index (κ1) is 25.2. The first-order valence-corrected chi connectivity index (χ1v) is 10.8. The fraction of sp³-hybridized carbons (Fsp3) is 0.385. The van der Waals surface area contributed by atoms with Crippen molar-refractivity contribution in [3.05, 3.63) is 72.8 Å². The summed E-state index contributed by atoms with van der Waals surface area (Å²) in [5.41, 5.74) is 2.78. The molecule has 2 rings (SSSR count). The maximum Gasteiger partial charge on any atom is 0.0816 e. The van der Waals surface area contributed by atoms with Gasteiger partial charge in [-0.05, 0) is 43.2 Å². The van der Waals surface area contributed by atoms with Crippen LogP contribution in [0.2, 0.25) is 0 Å². The second-order valence-corrected chi connectivity index (χ2v) is 7.13. The number of aliphatic imine (C=N–C) groups is 2. The normalized spacial score (nSPS) is 11.8. The molecule has 29 heavy (non-hydrogen) atoms. The summed E-state index contributed by atoms with van der Waals surface area (Å²) in [5.74, 6) is 0. The van der Waals surface area contributed by atoms with E-state index in [1.54, 1.807) is 0 Å². The Hall–Kier alpha value is -1.82. The minimum atomic E-state index is 0. The van der Waals surface area contributed by atoms with Gasteiger partial charge in [0.05, 0.1) is 23.3 Å². The molecule has 2 aromatic rings. The molecule has 0 radical (unpaired) electrons. The first-order chi connectivity index (χ1) is 13.9. The molecule has 0 saturated carbocycles. The Morgan fingerprint density at radius 1 is 0.724 bits per heavy atom. The number of benzene rings is 2. The molecule has 0 N–H and O–H groups in total. The van der Waals surface area contributed by atoms with Crippen molar-refractivity contribution in [3.8, 4) is 0 Å². The van der Waals surface area contributed by atoms with Gasteiger partial charge < -0.3 is 0 Å². The Labute approximate surface area is 190 Å². The Morgan fingerprint density at radius 2 is 1.28 bits per heavy atom. The van der Waals surface area contributed by atoms with Crippen LogP contribution in [-0.4, -0.2) is 11.9 Å². The van der Waals surface area contributed by atoms with E-state index in [-0.39, 0.29) is 20.4 Å². The zero-order valence-corrected chi connectivity index (χ0v) is 19.1. The predicted octanol–water partition coefficient (Wildman–Crippen LogP) is 8.25. The molecule has 0 heterocycles. The Morgan fingerprint density at radius 3 is 1.90 bits per heavy atom. The van der Waals surface area contributed by atoms with Crippen molar-refractivity contribution >= 4 is 23.3 Å². The van der Waals surface area contributed by atoms with Gasteiger partial charge in [-0.1, -0.05) is 94.3 Å². The fourth-order valence-corrected chi connectivity index (χ4v) is 3.02. The molecule has 0 aliphatic heterocycles. The number of rotatable bonds is 13. The number of nitrogens with zero attached hydrogens (tertiary/aromatic N) is 2. The van der Waals surface area contributed by atoms with Crippen LogP contribution in [0.4, 0.5) is 11.4 Å². The van der Waals surface area contributed by atoms with Gasteiger partial charge in [0, 0.05) is 20.4 Å². The van der Waals surface area contributed by atoms with Crippen LogP contribution in [0.25, 0.3) is 0 Å². The average molecular weight is 481 g/mol. The van der Waals surface area contributed by atoms with Gasteiger partial charge in [0.15, 0.2) is 0 Å². The second-order valence-electron chi connectivity index (χ2n) is 7.13. The van der Waals surface area contributed by atoms with Crippen LogP contribution in [0.5, 0.6) is 0 Å². The first-order valence-electron chi connectivity index (χ1n) is 10.8. The summed E-state index contributed by atoms with van der Waals surface area (Å²) in [5, 5.41) is 0. The fourth-order valence-electron chi connectivity index (χ4n) is 3.02. The van der Waals surface area contributed by atoms with Crippen LogP contribution < -0.4 is 0 Å². The molecule has 0 unspecified atom stereocenters. The van der Waals surface area contributed by atoms with Gasteiger partial charge in [-0.15, -0.1) is 0 Å². The summed E-state index contributed by atoms with van der Waals surface area (Å²) < 4.78 is 0. The number of allylic oxidation sites excluding steroid dienone is 2. The minimum absolute atomic E-state index is 0. The topological polar surface area (TPSA) is 24.7 Å². The van der Waals surface area contributed by atoms with Crippen molar-refractivity contribution in [2.24, 2.45) is 9.98 Å². The van der Waals surface area contributed by atoms with Crippen LogP contribution in [0.15, 0.2) is 82.8 Å². The minimum Gasteiger partial charge on any atom is -0.255 e. The van der Waals surface area contributed by atoms with Gasteiger partial charge in [0.1, 0.15) is 0 Å². The molecule has 0 saturated heterocycles. The van der Waals surface area contributed by atoms with E-state index < -0.39 is 0 Å². The van der Waals surface area contributed by atoms with Crippen molar-refractivity contribution < 1.29 is 20.4 Å². The molecule has 0 spiro atoms. The van der Waals surface area contributed by atoms with Gasteiger partial charge in [0.2, 0.25) is 0 Å². The van der Waals surface area contributed by atoms with E-state index in [1.807, 2.05) is 66.9 Å². The molecule has 2 nitrogen and oxygen atoms in total. The van der Waals surface area contributed by atoms with Gasteiger partial charge in [0.25, 0.3) is 0 Å². The summed E-state index contributed by atoms with van der Waals surface area (Å²) in [6.45, 7) is 2.27. The van der Waals surface area contributed by atoms with E-state index in [0.29, 0.717) is 0 Å². The van der Waals surface area contributed by atoms with Crippen LogP contribution in [0.1, 0.15) is 64.7 Å². The van der Waals surface area contributed by atoms with Crippen molar-refractivity contribution in [2.45, 2.75) is 64.7 Å². The third-order valence-electron chi connectivity index (χ3n) is 4.63. The third-order valence-corrected chi connectivity index (χ3v) is 4.63. The molecular formula is C26H34N2Pd. The van der Waals surface area contributed by atoms with Crippen LogP contribution in [0.3, 0.4) is 0 Å². The van der Waals surface area contributed by atoms with E-state index in [4.69, 9.17) is 4.99 Å². The predicted molar refractivity (Wildman–Crippen MR) is 124 cm³/mol. The summed E-state index contributed by atoms with van der Waals surface area (Å²) in [7, 11) is 0. The van der Waals surface area contributed by atoms with Gasteiger partial charge in [-0.25, -0.2) is 4.99 Å². The zero-order valence-electron chi connectivity index (χ0n) is 17.6. The summed E-state index contributed by atoms with van der Waals surface area (Å²) in [6.07, 6.45) is 18.1. The van der Waals surface area contributed by atoms with Crippen LogP contribution >= 0.6 is 0 Å². The smallest absolute Gasteiger partial charge is 0.0816 e. The Kier molecular flexibility index (Phi) is 14.8. The summed E-state index contributed by atoms with van der Waals surface area (Å²) in [4.78, 5) is 9.29.